The average Bonchev–Trinajstić information content (AvgIpc) is 2.93. The lowest BCUT2D eigenvalue weighted by Crippen LogP contribution is -2.44. The molecule has 1 unspecified atom stereocenters. The van der Waals surface area contributed by atoms with Crippen LogP contribution in [0.1, 0.15) is 22.1 Å². The van der Waals surface area contributed by atoms with E-state index in [1.807, 2.05) is 34.8 Å². The molecule has 5 nitrogen and oxygen atoms in total. The Morgan fingerprint density at radius 1 is 1.40 bits per heavy atom. The molecule has 0 saturated carbocycles. The van der Waals surface area contributed by atoms with Gasteiger partial charge in [0.2, 0.25) is 0 Å². The van der Waals surface area contributed by atoms with Crippen molar-refractivity contribution in [2.24, 2.45) is 7.05 Å². The van der Waals surface area contributed by atoms with E-state index in [2.05, 4.69) is 4.98 Å². The molecule has 5 heteroatoms. The van der Waals surface area contributed by atoms with Gasteiger partial charge in [0.05, 0.1) is 24.8 Å². The maximum absolute atomic E-state index is 12.6. The number of carbonyl (C=O) groups is 1. The third kappa shape index (κ3) is 2.32. The van der Waals surface area contributed by atoms with Crippen LogP contribution in [-0.2, 0) is 11.8 Å². The van der Waals surface area contributed by atoms with Crippen LogP contribution in [0, 0.1) is 0 Å². The largest absolute Gasteiger partial charge is 0.377 e. The maximum Gasteiger partial charge on any atom is 0.256 e. The number of hydrogen-bond acceptors (Lipinski definition) is 3. The van der Waals surface area contributed by atoms with Crippen LogP contribution in [-0.4, -0.2) is 40.1 Å². The molecular formula is C15H17N3O2. The fourth-order valence-corrected chi connectivity index (χ4v) is 2.57. The summed E-state index contributed by atoms with van der Waals surface area (Å²) >= 11 is 0. The molecule has 1 fully saturated rings. The van der Waals surface area contributed by atoms with Gasteiger partial charge >= 0.3 is 0 Å². The molecule has 1 aliphatic heterocycles. The average molecular weight is 271 g/mol. The van der Waals surface area contributed by atoms with Crippen LogP contribution in [0.4, 0.5) is 0 Å². The highest BCUT2D eigenvalue weighted by Crippen LogP contribution is 2.25. The summed E-state index contributed by atoms with van der Waals surface area (Å²) in [5, 5.41) is 0. The minimum absolute atomic E-state index is 0.00704. The number of nitrogens with zero attached hydrogens (tertiary/aromatic N) is 3. The number of aryl methyl sites for hydroxylation is 1. The SMILES string of the molecule is Cn1cccc1C1COCCN1C(=O)c1cccnc1. The minimum Gasteiger partial charge on any atom is -0.377 e. The third-order valence-electron chi connectivity index (χ3n) is 3.62. The first-order valence-corrected chi connectivity index (χ1v) is 6.67. The van der Waals surface area contributed by atoms with Crippen molar-refractivity contribution in [3.05, 3.63) is 54.1 Å². The second kappa shape index (κ2) is 5.46. The summed E-state index contributed by atoms with van der Waals surface area (Å²) in [6.45, 7) is 1.71. The fraction of sp³-hybridized carbons (Fsp3) is 0.333. The predicted molar refractivity (Wildman–Crippen MR) is 74.2 cm³/mol. The second-order valence-corrected chi connectivity index (χ2v) is 4.87. The van der Waals surface area contributed by atoms with Gasteiger partial charge in [-0.05, 0) is 24.3 Å². The lowest BCUT2D eigenvalue weighted by Gasteiger charge is -2.36. The van der Waals surface area contributed by atoms with E-state index in [-0.39, 0.29) is 11.9 Å². The maximum atomic E-state index is 12.6. The topological polar surface area (TPSA) is 47.4 Å². The van der Waals surface area contributed by atoms with Crippen molar-refractivity contribution in [1.82, 2.24) is 14.5 Å². The molecule has 2 aromatic rings. The van der Waals surface area contributed by atoms with E-state index in [0.29, 0.717) is 25.3 Å². The number of hydrogen-bond donors (Lipinski definition) is 0. The highest BCUT2D eigenvalue weighted by molar-refractivity contribution is 5.94. The number of ether oxygens (including phenoxy) is 1. The summed E-state index contributed by atoms with van der Waals surface area (Å²) < 4.78 is 7.58. The fourth-order valence-electron chi connectivity index (χ4n) is 2.57. The minimum atomic E-state index is -0.0449. The molecular weight excluding hydrogens is 254 g/mol. The molecule has 3 heterocycles. The van der Waals surface area contributed by atoms with Crippen molar-refractivity contribution >= 4 is 5.91 Å². The molecule has 104 valence electrons. The monoisotopic (exact) mass is 271 g/mol. The first-order chi connectivity index (χ1) is 9.77. The summed E-state index contributed by atoms with van der Waals surface area (Å²) in [7, 11) is 1.98. The third-order valence-corrected chi connectivity index (χ3v) is 3.62. The van der Waals surface area contributed by atoms with Gasteiger partial charge in [-0.1, -0.05) is 0 Å². The summed E-state index contributed by atoms with van der Waals surface area (Å²) in [5.74, 6) is 0.00704. The predicted octanol–water partition coefficient (Wildman–Crippen LogP) is 1.63. The van der Waals surface area contributed by atoms with Crippen LogP contribution >= 0.6 is 0 Å². The number of morpholine rings is 1. The highest BCUT2D eigenvalue weighted by Gasteiger charge is 2.30. The summed E-state index contributed by atoms with van der Waals surface area (Å²) in [5.41, 5.74) is 1.70. The summed E-state index contributed by atoms with van der Waals surface area (Å²) in [4.78, 5) is 18.5. The van der Waals surface area contributed by atoms with Crippen LogP contribution in [0.5, 0.6) is 0 Å². The van der Waals surface area contributed by atoms with Crippen LogP contribution in [0.15, 0.2) is 42.9 Å². The van der Waals surface area contributed by atoms with Crippen LogP contribution in [0.2, 0.25) is 0 Å². The Bertz CT molecular complexity index is 594. The van der Waals surface area contributed by atoms with Crippen LogP contribution in [0.25, 0.3) is 0 Å². The Labute approximate surface area is 117 Å². The second-order valence-electron chi connectivity index (χ2n) is 4.87. The van der Waals surface area contributed by atoms with Gasteiger partial charge in [0, 0.05) is 37.9 Å². The van der Waals surface area contributed by atoms with E-state index < -0.39 is 0 Å². The van der Waals surface area contributed by atoms with E-state index >= 15 is 0 Å². The Morgan fingerprint density at radius 3 is 3.00 bits per heavy atom. The van der Waals surface area contributed by atoms with Crippen molar-refractivity contribution in [2.75, 3.05) is 19.8 Å². The number of pyridine rings is 1. The molecule has 0 radical (unpaired) electrons. The van der Waals surface area contributed by atoms with Gasteiger partial charge in [0.25, 0.3) is 5.91 Å². The molecule has 1 saturated heterocycles. The lowest BCUT2D eigenvalue weighted by molar-refractivity contribution is -0.00465. The van der Waals surface area contributed by atoms with E-state index in [1.165, 1.54) is 0 Å². The molecule has 0 spiro atoms. The van der Waals surface area contributed by atoms with Gasteiger partial charge in [-0.2, -0.15) is 0 Å². The van der Waals surface area contributed by atoms with Crippen LogP contribution in [0.3, 0.4) is 0 Å². The van der Waals surface area contributed by atoms with Gasteiger partial charge in [0.15, 0.2) is 0 Å². The molecule has 2 aromatic heterocycles. The number of rotatable bonds is 2. The van der Waals surface area contributed by atoms with Gasteiger partial charge < -0.3 is 14.2 Å². The molecule has 0 aliphatic carbocycles. The zero-order valence-electron chi connectivity index (χ0n) is 11.4. The van der Waals surface area contributed by atoms with Crippen molar-refractivity contribution in [3.63, 3.8) is 0 Å². The van der Waals surface area contributed by atoms with Gasteiger partial charge in [0.1, 0.15) is 0 Å². The Balaban J connectivity index is 1.90. The number of amides is 1. The van der Waals surface area contributed by atoms with Gasteiger partial charge in [-0.15, -0.1) is 0 Å². The van der Waals surface area contributed by atoms with Crippen LogP contribution < -0.4 is 0 Å². The molecule has 1 aliphatic rings. The molecule has 0 bridgehead atoms. The quantitative estimate of drug-likeness (QED) is 0.834. The Hall–Kier alpha value is -2.14. The van der Waals surface area contributed by atoms with Crippen molar-refractivity contribution in [2.45, 2.75) is 6.04 Å². The molecule has 1 atom stereocenters. The molecule has 0 N–H and O–H groups in total. The molecule has 20 heavy (non-hydrogen) atoms. The van der Waals surface area contributed by atoms with Gasteiger partial charge in [-0.25, -0.2) is 0 Å². The molecule has 1 amide bonds. The van der Waals surface area contributed by atoms with E-state index in [0.717, 1.165) is 5.69 Å². The van der Waals surface area contributed by atoms with Gasteiger partial charge in [-0.3, -0.25) is 9.78 Å². The Kier molecular flexibility index (Phi) is 3.52. The Morgan fingerprint density at radius 2 is 2.30 bits per heavy atom. The van der Waals surface area contributed by atoms with E-state index in [4.69, 9.17) is 4.74 Å². The lowest BCUT2D eigenvalue weighted by atomic mass is 10.1. The smallest absolute Gasteiger partial charge is 0.256 e. The number of aromatic nitrogens is 2. The van der Waals surface area contributed by atoms with Crippen molar-refractivity contribution in [3.8, 4) is 0 Å². The standard InChI is InChI=1S/C15H17N3O2/c1-17-7-3-5-13(17)14-11-20-9-8-18(14)15(19)12-4-2-6-16-10-12/h2-7,10,14H,8-9,11H2,1H3. The van der Waals surface area contributed by atoms with Crippen molar-refractivity contribution in [1.29, 1.82) is 0 Å². The first-order valence-electron chi connectivity index (χ1n) is 6.67. The highest BCUT2D eigenvalue weighted by atomic mass is 16.5. The molecule has 3 rings (SSSR count). The van der Waals surface area contributed by atoms with E-state index in [1.54, 1.807) is 24.5 Å². The van der Waals surface area contributed by atoms with Crippen molar-refractivity contribution < 1.29 is 9.53 Å². The zero-order valence-corrected chi connectivity index (χ0v) is 11.4. The summed E-state index contributed by atoms with van der Waals surface area (Å²) in [6.07, 6.45) is 5.27. The number of carbonyl (C=O) groups excluding carboxylic acids is 1. The normalized spacial score (nSPS) is 19.1. The zero-order chi connectivity index (χ0) is 13.9. The van der Waals surface area contributed by atoms with E-state index in [9.17, 15) is 4.79 Å². The first kappa shape index (κ1) is 12.9. The summed E-state index contributed by atoms with van der Waals surface area (Å²) in [6, 6.07) is 7.55. The molecule has 0 aromatic carbocycles.